The van der Waals surface area contributed by atoms with Crippen LogP contribution in [0.25, 0.3) is 0 Å². The number of nitrogens with one attached hydrogen (secondary N) is 2. The van der Waals surface area contributed by atoms with Gasteiger partial charge in [0.05, 0.1) is 13.2 Å². The number of nitrogens with zero attached hydrogens (tertiary/aromatic N) is 3. The molecule has 0 spiro atoms. The van der Waals surface area contributed by atoms with Crippen molar-refractivity contribution >= 4 is 11.9 Å². The first kappa shape index (κ1) is 17.7. The highest BCUT2D eigenvalue weighted by atomic mass is 16.5. The Morgan fingerprint density at radius 3 is 2.52 bits per heavy atom. The van der Waals surface area contributed by atoms with E-state index >= 15 is 0 Å². The zero-order valence-electron chi connectivity index (χ0n) is 13.5. The molecule has 1 aliphatic rings. The average molecular weight is 299 g/mol. The molecule has 1 saturated heterocycles. The Bertz CT molecular complexity index is 327. The Hall–Kier alpha value is -1.34. The molecule has 0 radical (unpaired) electrons. The molecule has 0 saturated carbocycles. The summed E-state index contributed by atoms with van der Waals surface area (Å²) in [4.78, 5) is 20.1. The third-order valence-electron chi connectivity index (χ3n) is 3.45. The van der Waals surface area contributed by atoms with Crippen LogP contribution in [0.15, 0.2) is 4.99 Å². The van der Waals surface area contributed by atoms with E-state index in [0.29, 0.717) is 6.61 Å². The van der Waals surface area contributed by atoms with Crippen LogP contribution < -0.4 is 10.6 Å². The van der Waals surface area contributed by atoms with E-state index in [1.54, 1.807) is 14.0 Å². The lowest BCUT2D eigenvalue weighted by Crippen LogP contribution is -2.48. The highest BCUT2D eigenvalue weighted by molar-refractivity contribution is 5.79. The predicted molar refractivity (Wildman–Crippen MR) is 84.6 cm³/mol. The standard InChI is InChI=1S/C14H29N5O2/c1-4-15-14(17-6-12-21-3)16-5-7-18-8-10-19(11-9-18)13(2)20/h4-12H2,1-3H3,(H2,15,16,17). The second kappa shape index (κ2) is 10.4. The van der Waals surface area contributed by atoms with Gasteiger partial charge in [0.25, 0.3) is 0 Å². The van der Waals surface area contributed by atoms with E-state index in [1.165, 1.54) is 0 Å². The van der Waals surface area contributed by atoms with E-state index in [1.807, 2.05) is 4.90 Å². The van der Waals surface area contributed by atoms with Gasteiger partial charge in [0.1, 0.15) is 0 Å². The summed E-state index contributed by atoms with van der Waals surface area (Å²) in [5.74, 6) is 1.00. The molecule has 0 aliphatic carbocycles. The van der Waals surface area contributed by atoms with Crippen LogP contribution in [0.1, 0.15) is 13.8 Å². The number of hydrogen-bond acceptors (Lipinski definition) is 4. The minimum atomic E-state index is 0.171. The number of carbonyl (C=O) groups is 1. The number of ether oxygens (including phenoxy) is 1. The molecule has 1 fully saturated rings. The fourth-order valence-electron chi connectivity index (χ4n) is 2.20. The summed E-state index contributed by atoms with van der Waals surface area (Å²) < 4.78 is 5.01. The van der Waals surface area contributed by atoms with Crippen molar-refractivity contribution in [2.75, 3.05) is 66.1 Å². The van der Waals surface area contributed by atoms with E-state index in [2.05, 4.69) is 27.4 Å². The van der Waals surface area contributed by atoms with Gasteiger partial charge in [-0.1, -0.05) is 0 Å². The van der Waals surface area contributed by atoms with E-state index in [0.717, 1.165) is 58.3 Å². The molecule has 1 amide bonds. The summed E-state index contributed by atoms with van der Waals surface area (Å²) in [6.07, 6.45) is 0. The summed E-state index contributed by atoms with van der Waals surface area (Å²) in [6.45, 7) is 11.1. The van der Waals surface area contributed by atoms with E-state index < -0.39 is 0 Å². The largest absolute Gasteiger partial charge is 0.383 e. The van der Waals surface area contributed by atoms with Gasteiger partial charge in [0, 0.05) is 59.8 Å². The monoisotopic (exact) mass is 299 g/mol. The summed E-state index contributed by atoms with van der Waals surface area (Å²) in [7, 11) is 1.69. The minimum absolute atomic E-state index is 0.171. The Morgan fingerprint density at radius 2 is 1.95 bits per heavy atom. The molecule has 0 aromatic heterocycles. The topological polar surface area (TPSA) is 69.2 Å². The van der Waals surface area contributed by atoms with Crippen molar-refractivity contribution < 1.29 is 9.53 Å². The third-order valence-corrected chi connectivity index (χ3v) is 3.45. The van der Waals surface area contributed by atoms with Crippen LogP contribution in [0.4, 0.5) is 0 Å². The lowest BCUT2D eigenvalue weighted by molar-refractivity contribution is -0.130. The summed E-state index contributed by atoms with van der Waals surface area (Å²) >= 11 is 0. The van der Waals surface area contributed by atoms with Gasteiger partial charge >= 0.3 is 0 Å². The van der Waals surface area contributed by atoms with Crippen LogP contribution in [0, 0.1) is 0 Å². The SMILES string of the molecule is CCNC(=NCCN1CCN(C(C)=O)CC1)NCCOC. The zero-order chi connectivity index (χ0) is 15.5. The van der Waals surface area contributed by atoms with Gasteiger partial charge in [-0.3, -0.25) is 14.7 Å². The van der Waals surface area contributed by atoms with Crippen molar-refractivity contribution in [1.29, 1.82) is 0 Å². The number of rotatable bonds is 7. The lowest BCUT2D eigenvalue weighted by atomic mass is 10.3. The molecule has 0 aromatic carbocycles. The van der Waals surface area contributed by atoms with Gasteiger partial charge < -0.3 is 20.3 Å². The number of aliphatic imine (C=N–C) groups is 1. The van der Waals surface area contributed by atoms with Crippen LogP contribution in [0.5, 0.6) is 0 Å². The quantitative estimate of drug-likeness (QED) is 0.371. The van der Waals surface area contributed by atoms with Crippen molar-refractivity contribution in [2.45, 2.75) is 13.8 Å². The summed E-state index contributed by atoms with van der Waals surface area (Å²) in [6, 6.07) is 0. The van der Waals surface area contributed by atoms with Gasteiger partial charge in [-0.05, 0) is 6.92 Å². The van der Waals surface area contributed by atoms with Crippen LogP contribution >= 0.6 is 0 Å². The zero-order valence-corrected chi connectivity index (χ0v) is 13.5. The molecule has 0 atom stereocenters. The third kappa shape index (κ3) is 7.29. The van der Waals surface area contributed by atoms with E-state index in [-0.39, 0.29) is 5.91 Å². The second-order valence-electron chi connectivity index (χ2n) is 5.03. The molecule has 0 bridgehead atoms. The van der Waals surface area contributed by atoms with Crippen LogP contribution in [-0.4, -0.2) is 87.7 Å². The second-order valence-corrected chi connectivity index (χ2v) is 5.03. The molecule has 1 aliphatic heterocycles. The van der Waals surface area contributed by atoms with Gasteiger partial charge in [-0.15, -0.1) is 0 Å². The number of hydrogen-bond donors (Lipinski definition) is 2. The highest BCUT2D eigenvalue weighted by Crippen LogP contribution is 2.01. The average Bonchev–Trinajstić information content (AvgIpc) is 2.48. The van der Waals surface area contributed by atoms with Crippen LogP contribution in [0.3, 0.4) is 0 Å². The van der Waals surface area contributed by atoms with Gasteiger partial charge in [0.15, 0.2) is 5.96 Å². The van der Waals surface area contributed by atoms with Crippen molar-refractivity contribution in [3.63, 3.8) is 0 Å². The number of amides is 1. The number of piperazine rings is 1. The smallest absolute Gasteiger partial charge is 0.219 e. The Kier molecular flexibility index (Phi) is 8.77. The normalized spacial score (nSPS) is 16.9. The molecule has 0 unspecified atom stereocenters. The lowest BCUT2D eigenvalue weighted by Gasteiger charge is -2.33. The number of carbonyl (C=O) groups excluding carboxylic acids is 1. The van der Waals surface area contributed by atoms with Gasteiger partial charge in [-0.25, -0.2) is 0 Å². The predicted octanol–water partition coefficient (Wildman–Crippen LogP) is -0.648. The maximum atomic E-state index is 11.3. The molecular formula is C14H29N5O2. The maximum Gasteiger partial charge on any atom is 0.219 e. The Morgan fingerprint density at radius 1 is 1.24 bits per heavy atom. The first-order valence-corrected chi connectivity index (χ1v) is 7.66. The summed E-state index contributed by atoms with van der Waals surface area (Å²) in [5, 5.41) is 6.44. The summed E-state index contributed by atoms with van der Waals surface area (Å²) in [5.41, 5.74) is 0. The fourth-order valence-corrected chi connectivity index (χ4v) is 2.20. The van der Waals surface area contributed by atoms with E-state index in [4.69, 9.17) is 4.74 Å². The molecule has 7 nitrogen and oxygen atoms in total. The molecule has 21 heavy (non-hydrogen) atoms. The molecule has 7 heteroatoms. The van der Waals surface area contributed by atoms with Crippen LogP contribution in [0.2, 0.25) is 0 Å². The number of guanidine groups is 1. The molecule has 2 N–H and O–H groups in total. The molecule has 122 valence electrons. The Labute approximate surface area is 127 Å². The van der Waals surface area contributed by atoms with E-state index in [9.17, 15) is 4.79 Å². The molecule has 1 heterocycles. The highest BCUT2D eigenvalue weighted by Gasteiger charge is 2.17. The minimum Gasteiger partial charge on any atom is -0.383 e. The molecular weight excluding hydrogens is 270 g/mol. The Balaban J connectivity index is 2.25. The molecule has 1 rings (SSSR count). The maximum absolute atomic E-state index is 11.3. The first-order valence-electron chi connectivity index (χ1n) is 7.66. The van der Waals surface area contributed by atoms with Crippen molar-refractivity contribution in [1.82, 2.24) is 20.4 Å². The van der Waals surface area contributed by atoms with Crippen molar-refractivity contribution in [3.8, 4) is 0 Å². The number of methoxy groups -OCH3 is 1. The first-order chi connectivity index (χ1) is 10.2. The molecule has 0 aromatic rings. The van der Waals surface area contributed by atoms with Crippen LogP contribution in [-0.2, 0) is 9.53 Å². The van der Waals surface area contributed by atoms with Crippen molar-refractivity contribution in [3.05, 3.63) is 0 Å². The van der Waals surface area contributed by atoms with Crippen molar-refractivity contribution in [2.24, 2.45) is 4.99 Å². The van der Waals surface area contributed by atoms with Gasteiger partial charge in [-0.2, -0.15) is 0 Å². The fraction of sp³-hybridized carbons (Fsp3) is 0.857. The van der Waals surface area contributed by atoms with Gasteiger partial charge in [0.2, 0.25) is 5.91 Å².